The van der Waals surface area contributed by atoms with Gasteiger partial charge >= 0.3 is 5.97 Å². The number of hydrogen-bond acceptors (Lipinski definition) is 3. The number of amides is 1. The highest BCUT2D eigenvalue weighted by atomic mass is 16.4. The minimum absolute atomic E-state index is 0.0912. The van der Waals surface area contributed by atoms with Gasteiger partial charge in [-0.15, -0.1) is 0 Å². The SMILES string of the molecule is CCc1nn(C)cc1NC(=O)[C@@H]1CC[C@H](C(=O)O)C1. The van der Waals surface area contributed by atoms with Crippen LogP contribution in [0.4, 0.5) is 5.69 Å². The van der Waals surface area contributed by atoms with E-state index in [4.69, 9.17) is 5.11 Å². The van der Waals surface area contributed by atoms with Crippen molar-refractivity contribution in [1.82, 2.24) is 9.78 Å². The van der Waals surface area contributed by atoms with E-state index in [1.807, 2.05) is 14.0 Å². The first-order valence-electron chi connectivity index (χ1n) is 6.57. The van der Waals surface area contributed by atoms with E-state index in [2.05, 4.69) is 10.4 Å². The summed E-state index contributed by atoms with van der Waals surface area (Å²) in [5, 5.41) is 16.1. The average molecular weight is 265 g/mol. The van der Waals surface area contributed by atoms with Gasteiger partial charge in [0.15, 0.2) is 0 Å². The highest BCUT2D eigenvalue weighted by Crippen LogP contribution is 2.32. The van der Waals surface area contributed by atoms with E-state index in [1.165, 1.54) is 0 Å². The van der Waals surface area contributed by atoms with E-state index in [0.29, 0.717) is 19.3 Å². The molecule has 1 aromatic heterocycles. The number of carboxylic acids is 1. The highest BCUT2D eigenvalue weighted by Gasteiger charge is 2.34. The van der Waals surface area contributed by atoms with Gasteiger partial charge in [0.1, 0.15) is 0 Å². The second-order valence-electron chi connectivity index (χ2n) is 5.05. The summed E-state index contributed by atoms with van der Waals surface area (Å²) in [4.78, 5) is 23.0. The number of aryl methyl sites for hydroxylation is 2. The Hall–Kier alpha value is -1.85. The van der Waals surface area contributed by atoms with Gasteiger partial charge in [-0.1, -0.05) is 6.92 Å². The van der Waals surface area contributed by atoms with E-state index in [0.717, 1.165) is 17.8 Å². The first-order chi connectivity index (χ1) is 9.01. The van der Waals surface area contributed by atoms with Crippen LogP contribution in [0, 0.1) is 11.8 Å². The lowest BCUT2D eigenvalue weighted by Gasteiger charge is -2.10. The summed E-state index contributed by atoms with van der Waals surface area (Å²) in [5.41, 5.74) is 1.58. The molecule has 19 heavy (non-hydrogen) atoms. The number of aliphatic carboxylic acids is 1. The fourth-order valence-electron chi connectivity index (χ4n) is 2.58. The zero-order valence-electron chi connectivity index (χ0n) is 11.2. The van der Waals surface area contributed by atoms with E-state index >= 15 is 0 Å². The molecule has 0 unspecified atom stereocenters. The maximum Gasteiger partial charge on any atom is 0.306 e. The lowest BCUT2D eigenvalue weighted by Crippen LogP contribution is -2.22. The number of carbonyl (C=O) groups is 2. The van der Waals surface area contributed by atoms with Gasteiger partial charge in [-0.25, -0.2) is 0 Å². The Morgan fingerprint density at radius 2 is 2.16 bits per heavy atom. The number of rotatable bonds is 4. The van der Waals surface area contributed by atoms with E-state index in [1.54, 1.807) is 10.9 Å². The minimum atomic E-state index is -0.800. The van der Waals surface area contributed by atoms with Crippen LogP contribution < -0.4 is 5.32 Å². The van der Waals surface area contributed by atoms with Gasteiger partial charge in [-0.2, -0.15) is 5.10 Å². The van der Waals surface area contributed by atoms with Crippen molar-refractivity contribution < 1.29 is 14.7 Å². The predicted octanol–water partition coefficient (Wildman–Crippen LogP) is 1.42. The molecule has 0 aliphatic heterocycles. The molecule has 0 bridgehead atoms. The number of hydrogen-bond donors (Lipinski definition) is 2. The molecule has 6 nitrogen and oxygen atoms in total. The molecule has 1 saturated carbocycles. The molecular formula is C13H19N3O3. The Morgan fingerprint density at radius 3 is 2.74 bits per heavy atom. The first-order valence-corrected chi connectivity index (χ1v) is 6.57. The molecule has 0 saturated heterocycles. The molecule has 1 aliphatic carbocycles. The summed E-state index contributed by atoms with van der Waals surface area (Å²) < 4.78 is 1.67. The van der Waals surface area contributed by atoms with Crippen LogP contribution in [0.15, 0.2) is 6.20 Å². The number of nitrogens with one attached hydrogen (secondary N) is 1. The summed E-state index contributed by atoms with van der Waals surface area (Å²) in [6, 6.07) is 0. The summed E-state index contributed by atoms with van der Waals surface area (Å²) in [5.74, 6) is -1.47. The summed E-state index contributed by atoms with van der Waals surface area (Å²) in [6.45, 7) is 1.98. The first kappa shape index (κ1) is 13.6. The van der Waals surface area contributed by atoms with Gasteiger partial charge in [0, 0.05) is 19.2 Å². The number of carbonyl (C=O) groups excluding carboxylic acids is 1. The second-order valence-corrected chi connectivity index (χ2v) is 5.05. The molecule has 2 N–H and O–H groups in total. The zero-order chi connectivity index (χ0) is 14.0. The van der Waals surface area contributed by atoms with Crippen LogP contribution in [-0.4, -0.2) is 26.8 Å². The van der Waals surface area contributed by atoms with Crippen LogP contribution >= 0.6 is 0 Å². The Morgan fingerprint density at radius 1 is 1.47 bits per heavy atom. The van der Waals surface area contributed by atoms with Crippen molar-refractivity contribution >= 4 is 17.6 Å². The van der Waals surface area contributed by atoms with Crippen LogP contribution in [0.1, 0.15) is 31.9 Å². The number of carboxylic acid groups (broad SMARTS) is 1. The Kier molecular flexibility index (Phi) is 3.87. The van der Waals surface area contributed by atoms with Crippen molar-refractivity contribution in [2.75, 3.05) is 5.32 Å². The lowest BCUT2D eigenvalue weighted by atomic mass is 10.0. The zero-order valence-corrected chi connectivity index (χ0v) is 11.2. The molecule has 1 heterocycles. The summed E-state index contributed by atoms with van der Waals surface area (Å²) >= 11 is 0. The molecular weight excluding hydrogens is 246 g/mol. The normalized spacial score (nSPS) is 22.4. The molecule has 2 rings (SSSR count). The monoisotopic (exact) mass is 265 g/mol. The van der Waals surface area contributed by atoms with Crippen LogP contribution in [-0.2, 0) is 23.1 Å². The lowest BCUT2D eigenvalue weighted by molar-refractivity contribution is -0.141. The van der Waals surface area contributed by atoms with Gasteiger partial charge in [0.2, 0.25) is 5.91 Å². The molecule has 0 radical (unpaired) electrons. The van der Waals surface area contributed by atoms with Crippen molar-refractivity contribution in [1.29, 1.82) is 0 Å². The summed E-state index contributed by atoms with van der Waals surface area (Å²) in [6.07, 6.45) is 4.19. The van der Waals surface area contributed by atoms with Gasteiger partial charge in [-0.3, -0.25) is 14.3 Å². The van der Waals surface area contributed by atoms with E-state index in [-0.39, 0.29) is 17.7 Å². The predicted molar refractivity (Wildman–Crippen MR) is 69.7 cm³/mol. The molecule has 1 aromatic rings. The molecule has 1 amide bonds. The van der Waals surface area contributed by atoms with Gasteiger partial charge in [-0.05, 0) is 25.7 Å². The van der Waals surface area contributed by atoms with Gasteiger partial charge in [0.05, 0.1) is 17.3 Å². The van der Waals surface area contributed by atoms with Crippen LogP contribution in [0.3, 0.4) is 0 Å². The topological polar surface area (TPSA) is 84.2 Å². The largest absolute Gasteiger partial charge is 0.481 e. The molecule has 0 spiro atoms. The third-order valence-corrected chi connectivity index (χ3v) is 3.65. The fourth-order valence-corrected chi connectivity index (χ4v) is 2.58. The quantitative estimate of drug-likeness (QED) is 0.862. The van der Waals surface area contributed by atoms with Gasteiger partial charge in [0.25, 0.3) is 0 Å². The summed E-state index contributed by atoms with van der Waals surface area (Å²) in [7, 11) is 1.81. The number of nitrogens with zero attached hydrogens (tertiary/aromatic N) is 2. The van der Waals surface area contributed by atoms with E-state index in [9.17, 15) is 9.59 Å². The molecule has 6 heteroatoms. The third-order valence-electron chi connectivity index (χ3n) is 3.65. The molecule has 0 aromatic carbocycles. The molecule has 2 atom stereocenters. The average Bonchev–Trinajstić information content (AvgIpc) is 2.95. The second kappa shape index (κ2) is 5.42. The third kappa shape index (κ3) is 2.94. The molecule has 1 aliphatic rings. The van der Waals surface area contributed by atoms with Crippen molar-refractivity contribution in [3.8, 4) is 0 Å². The van der Waals surface area contributed by atoms with Crippen molar-refractivity contribution in [3.63, 3.8) is 0 Å². The Bertz CT molecular complexity index is 495. The Balaban J connectivity index is 2.00. The van der Waals surface area contributed by atoms with Crippen molar-refractivity contribution in [2.45, 2.75) is 32.6 Å². The molecule has 1 fully saturated rings. The highest BCUT2D eigenvalue weighted by molar-refractivity contribution is 5.93. The van der Waals surface area contributed by atoms with Crippen molar-refractivity contribution in [3.05, 3.63) is 11.9 Å². The Labute approximate surface area is 111 Å². The van der Waals surface area contributed by atoms with Gasteiger partial charge < -0.3 is 10.4 Å². The van der Waals surface area contributed by atoms with Crippen molar-refractivity contribution in [2.24, 2.45) is 18.9 Å². The van der Waals surface area contributed by atoms with E-state index < -0.39 is 5.97 Å². The fraction of sp³-hybridized carbons (Fsp3) is 0.615. The maximum absolute atomic E-state index is 12.1. The number of aromatic nitrogens is 2. The van der Waals surface area contributed by atoms with Crippen LogP contribution in [0.5, 0.6) is 0 Å². The molecule has 104 valence electrons. The standard InChI is InChI=1S/C13H19N3O3/c1-3-10-11(7-16(2)15-10)14-12(17)8-4-5-9(6-8)13(18)19/h7-9H,3-6H2,1-2H3,(H,14,17)(H,18,19)/t8-,9+/m1/s1. The minimum Gasteiger partial charge on any atom is -0.481 e. The number of anilines is 1. The van der Waals surface area contributed by atoms with Crippen LogP contribution in [0.2, 0.25) is 0 Å². The maximum atomic E-state index is 12.1. The van der Waals surface area contributed by atoms with Crippen LogP contribution in [0.25, 0.3) is 0 Å². The smallest absolute Gasteiger partial charge is 0.306 e.